The molecule has 0 aliphatic carbocycles. The molecule has 0 atom stereocenters. The Labute approximate surface area is 101 Å². The Balaban J connectivity index is 3.37. The summed E-state index contributed by atoms with van der Waals surface area (Å²) < 4.78 is 25.0. The van der Waals surface area contributed by atoms with Gasteiger partial charge in [0.2, 0.25) is 0 Å². The summed E-state index contributed by atoms with van der Waals surface area (Å²) in [4.78, 5) is 14.1. The number of carbonyl (C=O) groups is 1. The van der Waals surface area contributed by atoms with Crippen molar-refractivity contribution in [3.8, 4) is 0 Å². The molecular weight excluding hydrogens is 340 g/mol. The predicted octanol–water partition coefficient (Wildman–Crippen LogP) is 3.37. The van der Waals surface area contributed by atoms with Crippen molar-refractivity contribution >= 4 is 37.8 Å². The molecule has 0 amide bonds. The molecule has 1 aromatic heterocycles. The third kappa shape index (κ3) is 2.72. The van der Waals surface area contributed by atoms with Gasteiger partial charge in [0.25, 0.3) is 6.43 Å². The van der Waals surface area contributed by atoms with Crippen LogP contribution in [0.3, 0.4) is 0 Å². The van der Waals surface area contributed by atoms with Crippen LogP contribution in [0.5, 0.6) is 0 Å². The first-order valence-electron chi connectivity index (χ1n) is 3.74. The SMILES string of the molecule is O=C(O)c1cc(CBr)c(C(F)F)c(Br)n1. The normalized spacial score (nSPS) is 10.7. The van der Waals surface area contributed by atoms with Crippen LogP contribution < -0.4 is 0 Å². The maximum absolute atomic E-state index is 12.6. The molecule has 0 saturated heterocycles. The largest absolute Gasteiger partial charge is 0.477 e. The van der Waals surface area contributed by atoms with E-state index in [1.54, 1.807) is 0 Å². The molecule has 0 bridgehead atoms. The summed E-state index contributed by atoms with van der Waals surface area (Å²) in [6, 6.07) is 1.13. The van der Waals surface area contributed by atoms with Gasteiger partial charge in [-0.1, -0.05) is 15.9 Å². The highest BCUT2D eigenvalue weighted by molar-refractivity contribution is 9.10. The maximum atomic E-state index is 12.6. The van der Waals surface area contributed by atoms with Gasteiger partial charge in [0.1, 0.15) is 10.3 Å². The van der Waals surface area contributed by atoms with E-state index in [9.17, 15) is 13.6 Å². The number of hydrogen-bond acceptors (Lipinski definition) is 2. The minimum atomic E-state index is -2.69. The monoisotopic (exact) mass is 343 g/mol. The van der Waals surface area contributed by atoms with Crippen LogP contribution in [0.25, 0.3) is 0 Å². The number of halogens is 4. The second kappa shape index (κ2) is 4.98. The van der Waals surface area contributed by atoms with Crippen LogP contribution in [0, 0.1) is 0 Å². The van der Waals surface area contributed by atoms with Crippen molar-refractivity contribution < 1.29 is 18.7 Å². The Morgan fingerprint density at radius 2 is 2.20 bits per heavy atom. The lowest BCUT2D eigenvalue weighted by Gasteiger charge is -2.09. The zero-order valence-corrected chi connectivity index (χ0v) is 10.3. The Morgan fingerprint density at radius 1 is 1.60 bits per heavy atom. The molecular formula is C8H5Br2F2NO2. The van der Waals surface area contributed by atoms with Crippen molar-refractivity contribution in [2.75, 3.05) is 0 Å². The van der Waals surface area contributed by atoms with Crippen LogP contribution in [0.4, 0.5) is 8.78 Å². The molecule has 1 aromatic rings. The van der Waals surface area contributed by atoms with Gasteiger partial charge >= 0.3 is 5.97 Å². The van der Waals surface area contributed by atoms with Gasteiger partial charge in [-0.05, 0) is 27.6 Å². The second-order valence-corrected chi connectivity index (χ2v) is 3.92. The summed E-state index contributed by atoms with van der Waals surface area (Å²) in [5, 5.41) is 8.82. The van der Waals surface area contributed by atoms with Crippen LogP contribution in [0.2, 0.25) is 0 Å². The number of rotatable bonds is 3. The first-order valence-corrected chi connectivity index (χ1v) is 5.65. The molecule has 0 fully saturated rings. The van der Waals surface area contributed by atoms with Gasteiger partial charge in [-0.3, -0.25) is 0 Å². The Bertz CT molecular complexity index is 398. The molecule has 3 nitrogen and oxygen atoms in total. The van der Waals surface area contributed by atoms with Crippen molar-refractivity contribution in [3.63, 3.8) is 0 Å². The number of nitrogens with zero attached hydrogens (tertiary/aromatic N) is 1. The van der Waals surface area contributed by atoms with Gasteiger partial charge in [-0.25, -0.2) is 18.6 Å². The van der Waals surface area contributed by atoms with Gasteiger partial charge in [0, 0.05) is 5.33 Å². The fraction of sp³-hybridized carbons (Fsp3) is 0.250. The topological polar surface area (TPSA) is 50.2 Å². The van der Waals surface area contributed by atoms with Crippen LogP contribution in [-0.2, 0) is 5.33 Å². The summed E-state index contributed by atoms with van der Waals surface area (Å²) in [6.45, 7) is 0. The van der Waals surface area contributed by atoms with Crippen molar-refractivity contribution in [3.05, 3.63) is 27.5 Å². The van der Waals surface area contributed by atoms with E-state index in [0.717, 1.165) is 6.07 Å². The van der Waals surface area contributed by atoms with Crippen molar-refractivity contribution in [2.45, 2.75) is 11.8 Å². The number of carboxylic acid groups (broad SMARTS) is 1. The Morgan fingerprint density at radius 3 is 2.60 bits per heavy atom. The smallest absolute Gasteiger partial charge is 0.354 e. The first kappa shape index (κ1) is 12.5. The zero-order chi connectivity index (χ0) is 11.6. The van der Waals surface area contributed by atoms with E-state index in [0.29, 0.717) is 0 Å². The number of aromatic carboxylic acids is 1. The van der Waals surface area contributed by atoms with E-state index >= 15 is 0 Å². The molecule has 0 unspecified atom stereocenters. The van der Waals surface area contributed by atoms with Gasteiger partial charge in [-0.15, -0.1) is 0 Å². The number of carboxylic acids is 1. The average Bonchev–Trinajstić information content (AvgIpc) is 2.15. The van der Waals surface area contributed by atoms with E-state index < -0.39 is 12.4 Å². The fourth-order valence-electron chi connectivity index (χ4n) is 1.02. The van der Waals surface area contributed by atoms with E-state index in [4.69, 9.17) is 5.11 Å². The van der Waals surface area contributed by atoms with E-state index in [2.05, 4.69) is 36.8 Å². The molecule has 15 heavy (non-hydrogen) atoms. The Kier molecular flexibility index (Phi) is 4.15. The van der Waals surface area contributed by atoms with Gasteiger partial charge < -0.3 is 5.11 Å². The lowest BCUT2D eigenvalue weighted by Crippen LogP contribution is -2.05. The number of pyridine rings is 1. The number of alkyl halides is 3. The summed E-state index contributed by atoms with van der Waals surface area (Å²) >= 11 is 5.85. The quantitative estimate of drug-likeness (QED) is 0.675. The standard InChI is InChI=1S/C8H5Br2F2NO2/c9-2-3-1-4(8(14)15)13-6(10)5(3)7(11)12/h1,7H,2H2,(H,14,15). The van der Waals surface area contributed by atoms with Crippen LogP contribution in [0.15, 0.2) is 10.7 Å². The summed E-state index contributed by atoms with van der Waals surface area (Å²) in [5.74, 6) is -1.25. The molecule has 0 radical (unpaired) electrons. The van der Waals surface area contributed by atoms with Crippen molar-refractivity contribution in [1.82, 2.24) is 4.98 Å². The van der Waals surface area contributed by atoms with E-state index in [1.807, 2.05) is 0 Å². The highest BCUT2D eigenvalue weighted by Gasteiger charge is 2.20. The van der Waals surface area contributed by atoms with Gasteiger partial charge in [-0.2, -0.15) is 0 Å². The number of hydrogen-bond donors (Lipinski definition) is 1. The zero-order valence-electron chi connectivity index (χ0n) is 7.18. The summed E-state index contributed by atoms with van der Waals surface area (Å²) in [5.41, 5.74) is -0.332. The molecule has 1 heterocycles. The maximum Gasteiger partial charge on any atom is 0.354 e. The van der Waals surface area contributed by atoms with E-state index in [-0.39, 0.29) is 26.8 Å². The molecule has 0 aromatic carbocycles. The van der Waals surface area contributed by atoms with Crippen LogP contribution in [-0.4, -0.2) is 16.1 Å². The lowest BCUT2D eigenvalue weighted by molar-refractivity contribution is 0.0689. The molecule has 0 aliphatic rings. The van der Waals surface area contributed by atoms with E-state index in [1.165, 1.54) is 0 Å². The van der Waals surface area contributed by atoms with Crippen LogP contribution >= 0.6 is 31.9 Å². The second-order valence-electron chi connectivity index (χ2n) is 2.61. The highest BCUT2D eigenvalue weighted by atomic mass is 79.9. The third-order valence-electron chi connectivity index (χ3n) is 1.68. The van der Waals surface area contributed by atoms with Crippen molar-refractivity contribution in [2.24, 2.45) is 0 Å². The molecule has 1 rings (SSSR count). The highest BCUT2D eigenvalue weighted by Crippen LogP contribution is 2.31. The molecule has 7 heteroatoms. The van der Waals surface area contributed by atoms with Gasteiger partial charge in [0.15, 0.2) is 0 Å². The predicted molar refractivity (Wildman–Crippen MR) is 56.5 cm³/mol. The number of aromatic nitrogens is 1. The molecule has 0 saturated carbocycles. The van der Waals surface area contributed by atoms with Crippen LogP contribution in [0.1, 0.15) is 28.0 Å². The summed E-state index contributed by atoms with van der Waals surface area (Å²) in [6.07, 6.45) is -2.69. The molecule has 1 N–H and O–H groups in total. The molecule has 0 spiro atoms. The van der Waals surface area contributed by atoms with Crippen molar-refractivity contribution in [1.29, 1.82) is 0 Å². The minimum Gasteiger partial charge on any atom is -0.477 e. The fourth-order valence-corrected chi connectivity index (χ4v) is 2.11. The third-order valence-corrected chi connectivity index (χ3v) is 2.89. The molecule has 0 aliphatic heterocycles. The first-order chi connectivity index (χ1) is 6.97. The average molecular weight is 345 g/mol. The van der Waals surface area contributed by atoms with Gasteiger partial charge in [0.05, 0.1) is 5.56 Å². The molecule has 82 valence electrons. The summed E-state index contributed by atoms with van der Waals surface area (Å²) in [7, 11) is 0. The Hall–Kier alpha value is -0.560. The minimum absolute atomic E-state index is 0.133. The lowest BCUT2D eigenvalue weighted by atomic mass is 10.1.